The zero-order valence-electron chi connectivity index (χ0n) is 7.79. The Morgan fingerprint density at radius 3 is 2.83 bits per heavy atom. The van der Waals surface area contributed by atoms with E-state index in [1.54, 1.807) is 6.08 Å². The molecule has 66 valence electrons. The molecule has 0 N–H and O–H groups in total. The lowest BCUT2D eigenvalue weighted by Crippen LogP contribution is -2.17. The van der Waals surface area contributed by atoms with Crippen LogP contribution >= 0.6 is 0 Å². The molecule has 1 atom stereocenters. The summed E-state index contributed by atoms with van der Waals surface area (Å²) in [4.78, 5) is 2.32. The van der Waals surface area contributed by atoms with Gasteiger partial charge in [-0.1, -0.05) is 32.2 Å². The van der Waals surface area contributed by atoms with Gasteiger partial charge in [0, 0.05) is 18.8 Å². The van der Waals surface area contributed by atoms with Crippen LogP contribution in [-0.4, -0.2) is 18.0 Å². The Balaban J connectivity index is 2.43. The van der Waals surface area contributed by atoms with E-state index in [9.17, 15) is 0 Å². The number of hydrogen-bond donors (Lipinski definition) is 0. The van der Waals surface area contributed by atoms with Gasteiger partial charge in [0.25, 0.3) is 0 Å². The Labute approximate surface area is 75.1 Å². The fraction of sp³-hybridized carbons (Fsp3) is 0.455. The normalized spacial score (nSPS) is 23.4. The van der Waals surface area contributed by atoms with Crippen LogP contribution in [0.15, 0.2) is 37.1 Å². The molecule has 1 aliphatic heterocycles. The van der Waals surface area contributed by atoms with Crippen molar-refractivity contribution in [1.82, 2.24) is 4.90 Å². The minimum absolute atomic E-state index is 0.818. The average Bonchev–Trinajstić information content (AvgIpc) is 2.47. The Morgan fingerprint density at radius 2 is 2.33 bits per heavy atom. The monoisotopic (exact) mass is 163 g/mol. The van der Waals surface area contributed by atoms with Crippen molar-refractivity contribution >= 4 is 0 Å². The van der Waals surface area contributed by atoms with Crippen molar-refractivity contribution in [2.45, 2.75) is 13.3 Å². The number of hydrogen-bond acceptors (Lipinski definition) is 1. The lowest BCUT2D eigenvalue weighted by molar-refractivity contribution is 0.425. The Hall–Kier alpha value is -0.980. The summed E-state index contributed by atoms with van der Waals surface area (Å²) in [5, 5.41) is 0. The molecule has 1 heteroatoms. The van der Waals surface area contributed by atoms with Gasteiger partial charge in [0.1, 0.15) is 0 Å². The molecule has 0 aliphatic carbocycles. The average molecular weight is 163 g/mol. The molecular formula is C11H17N. The van der Waals surface area contributed by atoms with Gasteiger partial charge >= 0.3 is 0 Å². The lowest BCUT2D eigenvalue weighted by Gasteiger charge is -2.17. The van der Waals surface area contributed by atoms with E-state index in [0.717, 1.165) is 24.7 Å². The molecule has 0 saturated carbocycles. The first-order valence-electron chi connectivity index (χ1n) is 4.47. The van der Waals surface area contributed by atoms with Crippen LogP contribution < -0.4 is 0 Å². The summed E-state index contributed by atoms with van der Waals surface area (Å²) in [5.74, 6) is 0.818. The van der Waals surface area contributed by atoms with Crippen molar-refractivity contribution < 1.29 is 0 Å². The Bertz CT molecular complexity index is 203. The van der Waals surface area contributed by atoms with Gasteiger partial charge in [-0.3, -0.25) is 0 Å². The molecule has 1 aliphatic rings. The quantitative estimate of drug-likeness (QED) is 0.578. The van der Waals surface area contributed by atoms with Crippen LogP contribution in [0, 0.1) is 5.92 Å². The first-order chi connectivity index (χ1) is 5.74. The van der Waals surface area contributed by atoms with E-state index in [1.807, 2.05) is 12.2 Å². The summed E-state index contributed by atoms with van der Waals surface area (Å²) in [7, 11) is 0. The topological polar surface area (TPSA) is 3.24 Å². The van der Waals surface area contributed by atoms with Gasteiger partial charge in [-0.05, 0) is 18.4 Å². The largest absolute Gasteiger partial charge is 0.372 e. The van der Waals surface area contributed by atoms with Crippen molar-refractivity contribution in [3.8, 4) is 0 Å². The number of likely N-dealkylation sites (tertiary alicyclic amines) is 1. The second-order valence-electron chi connectivity index (χ2n) is 3.43. The van der Waals surface area contributed by atoms with Crippen molar-refractivity contribution in [2.75, 3.05) is 13.1 Å². The highest BCUT2D eigenvalue weighted by molar-refractivity contribution is 5.18. The third kappa shape index (κ3) is 2.26. The Morgan fingerprint density at radius 1 is 1.58 bits per heavy atom. The molecule has 0 radical (unpaired) electrons. The molecule has 0 aromatic heterocycles. The first kappa shape index (κ1) is 9.11. The van der Waals surface area contributed by atoms with E-state index in [1.165, 1.54) is 6.42 Å². The van der Waals surface area contributed by atoms with Crippen LogP contribution in [-0.2, 0) is 0 Å². The van der Waals surface area contributed by atoms with Crippen molar-refractivity contribution in [3.63, 3.8) is 0 Å². The number of rotatable bonds is 3. The predicted molar refractivity (Wildman–Crippen MR) is 53.8 cm³/mol. The maximum absolute atomic E-state index is 4.00. The highest BCUT2D eigenvalue weighted by Gasteiger charge is 2.17. The fourth-order valence-electron chi connectivity index (χ4n) is 1.48. The van der Waals surface area contributed by atoms with Crippen LogP contribution in [0.1, 0.15) is 13.3 Å². The molecule has 0 bridgehead atoms. The number of allylic oxidation sites excluding steroid dienone is 3. The smallest absolute Gasteiger partial charge is 0.0293 e. The van der Waals surface area contributed by atoms with Gasteiger partial charge in [0.05, 0.1) is 0 Å². The van der Waals surface area contributed by atoms with Gasteiger partial charge in [0.15, 0.2) is 0 Å². The summed E-state index contributed by atoms with van der Waals surface area (Å²) in [6.07, 6.45) is 7.03. The predicted octanol–water partition coefficient (Wildman–Crippen LogP) is 2.58. The van der Waals surface area contributed by atoms with Gasteiger partial charge in [-0.25, -0.2) is 0 Å². The molecule has 1 rings (SSSR count). The lowest BCUT2D eigenvalue weighted by atomic mass is 10.2. The second kappa shape index (κ2) is 4.15. The van der Waals surface area contributed by atoms with Crippen LogP contribution in [0.25, 0.3) is 0 Å². The molecule has 0 spiro atoms. The molecule has 1 saturated heterocycles. The summed E-state index contributed by atoms with van der Waals surface area (Å²) in [6.45, 7) is 12.2. The first-order valence-corrected chi connectivity index (χ1v) is 4.47. The highest BCUT2D eigenvalue weighted by atomic mass is 15.1. The van der Waals surface area contributed by atoms with Crippen LogP contribution in [0.3, 0.4) is 0 Å². The molecule has 12 heavy (non-hydrogen) atoms. The fourth-order valence-corrected chi connectivity index (χ4v) is 1.48. The van der Waals surface area contributed by atoms with E-state index in [-0.39, 0.29) is 0 Å². The number of nitrogens with zero attached hydrogens (tertiary/aromatic N) is 1. The molecule has 0 amide bonds. The zero-order chi connectivity index (χ0) is 8.97. The SMILES string of the molecule is C=C/C=C\C(=C)N1CCC(C)C1. The molecule has 1 nitrogen and oxygen atoms in total. The maximum Gasteiger partial charge on any atom is 0.0293 e. The van der Waals surface area contributed by atoms with Crippen LogP contribution in [0.5, 0.6) is 0 Å². The molecule has 0 aromatic carbocycles. The van der Waals surface area contributed by atoms with Gasteiger partial charge in [-0.2, -0.15) is 0 Å². The van der Waals surface area contributed by atoms with E-state index in [2.05, 4.69) is 25.0 Å². The van der Waals surface area contributed by atoms with Crippen LogP contribution in [0.2, 0.25) is 0 Å². The van der Waals surface area contributed by atoms with Gasteiger partial charge in [-0.15, -0.1) is 0 Å². The minimum atomic E-state index is 0.818. The molecule has 1 heterocycles. The standard InChI is InChI=1S/C11H17N/c1-4-5-6-11(3)12-8-7-10(2)9-12/h4-6,10H,1,3,7-9H2,2H3/b6-5-. The second-order valence-corrected chi connectivity index (χ2v) is 3.43. The van der Waals surface area contributed by atoms with E-state index in [4.69, 9.17) is 0 Å². The van der Waals surface area contributed by atoms with Crippen molar-refractivity contribution in [1.29, 1.82) is 0 Å². The van der Waals surface area contributed by atoms with E-state index in [0.29, 0.717) is 0 Å². The molecular weight excluding hydrogens is 146 g/mol. The molecule has 1 unspecified atom stereocenters. The highest BCUT2D eigenvalue weighted by Crippen LogP contribution is 2.19. The summed E-state index contributed by atoms with van der Waals surface area (Å²) in [5.41, 5.74) is 1.11. The molecule has 0 aromatic rings. The van der Waals surface area contributed by atoms with E-state index < -0.39 is 0 Å². The van der Waals surface area contributed by atoms with Crippen LogP contribution in [0.4, 0.5) is 0 Å². The summed E-state index contributed by atoms with van der Waals surface area (Å²) in [6, 6.07) is 0. The van der Waals surface area contributed by atoms with Gasteiger partial charge < -0.3 is 4.90 Å². The molecule has 1 fully saturated rings. The van der Waals surface area contributed by atoms with Gasteiger partial charge in [0.2, 0.25) is 0 Å². The third-order valence-electron chi connectivity index (χ3n) is 2.25. The minimum Gasteiger partial charge on any atom is -0.372 e. The van der Waals surface area contributed by atoms with Crippen molar-refractivity contribution in [2.24, 2.45) is 5.92 Å². The zero-order valence-corrected chi connectivity index (χ0v) is 7.79. The third-order valence-corrected chi connectivity index (χ3v) is 2.25. The maximum atomic E-state index is 4.00. The van der Waals surface area contributed by atoms with E-state index >= 15 is 0 Å². The summed E-state index contributed by atoms with van der Waals surface area (Å²) < 4.78 is 0. The van der Waals surface area contributed by atoms with Crippen molar-refractivity contribution in [3.05, 3.63) is 37.1 Å². The Kier molecular flexibility index (Phi) is 3.15. The summed E-state index contributed by atoms with van der Waals surface area (Å²) >= 11 is 0.